The number of urea groups is 1. The number of hydrogen-bond acceptors (Lipinski definition) is 3. The van der Waals surface area contributed by atoms with Crippen LogP contribution in [0.15, 0.2) is 0 Å². The van der Waals surface area contributed by atoms with Crippen LogP contribution in [0.1, 0.15) is 46.0 Å². The fraction of sp³-hybridized carbons (Fsp3) is 0.867. The molecule has 0 heterocycles. The van der Waals surface area contributed by atoms with Gasteiger partial charge in [-0.25, -0.2) is 9.59 Å². The maximum Gasteiger partial charge on any atom is 0.329 e. The number of rotatable bonds is 6. The molecule has 3 unspecified atom stereocenters. The number of carboxylic acids is 1. The van der Waals surface area contributed by atoms with Gasteiger partial charge in [0.1, 0.15) is 5.54 Å². The zero-order chi connectivity index (χ0) is 16.0. The number of carboxylic acid groups (broad SMARTS) is 1. The second kappa shape index (κ2) is 7.64. The van der Waals surface area contributed by atoms with E-state index in [1.165, 1.54) is 0 Å². The van der Waals surface area contributed by atoms with Crippen LogP contribution in [0, 0.1) is 5.92 Å². The van der Waals surface area contributed by atoms with Crippen LogP contribution in [0.5, 0.6) is 0 Å². The van der Waals surface area contributed by atoms with E-state index in [9.17, 15) is 14.7 Å². The first-order valence-corrected chi connectivity index (χ1v) is 7.72. The Bertz CT molecular complexity index is 373. The molecule has 3 atom stereocenters. The number of nitrogens with one attached hydrogen (secondary N) is 2. The predicted octanol–water partition coefficient (Wildman–Crippen LogP) is 1.66. The molecule has 2 amide bonds. The highest BCUT2D eigenvalue weighted by molar-refractivity contribution is 5.86. The van der Waals surface area contributed by atoms with Crippen LogP contribution >= 0.6 is 0 Å². The Hall–Kier alpha value is -1.30. The van der Waals surface area contributed by atoms with Gasteiger partial charge in [-0.05, 0) is 52.7 Å². The number of carbonyl (C=O) groups is 2. The molecule has 0 aromatic carbocycles. The third-order valence-corrected chi connectivity index (χ3v) is 4.15. The molecule has 1 rings (SSSR count). The van der Waals surface area contributed by atoms with E-state index in [1.807, 2.05) is 27.9 Å². The molecule has 3 N–H and O–H groups in total. The molecule has 0 spiro atoms. The van der Waals surface area contributed by atoms with Crippen LogP contribution in [0.3, 0.4) is 0 Å². The number of nitrogens with zero attached hydrogens (tertiary/aromatic N) is 1. The van der Waals surface area contributed by atoms with Crippen molar-refractivity contribution in [2.75, 3.05) is 20.6 Å². The number of hydrogen-bond donors (Lipinski definition) is 3. The van der Waals surface area contributed by atoms with Crippen LogP contribution in [0.25, 0.3) is 0 Å². The van der Waals surface area contributed by atoms with Gasteiger partial charge in [0.2, 0.25) is 0 Å². The third-order valence-electron chi connectivity index (χ3n) is 4.15. The van der Waals surface area contributed by atoms with E-state index in [-0.39, 0.29) is 12.1 Å². The van der Waals surface area contributed by atoms with E-state index >= 15 is 0 Å². The van der Waals surface area contributed by atoms with Crippen molar-refractivity contribution < 1.29 is 14.7 Å². The average Bonchev–Trinajstić information content (AvgIpc) is 2.35. The molecule has 0 aromatic rings. The van der Waals surface area contributed by atoms with Gasteiger partial charge in [-0.15, -0.1) is 0 Å². The summed E-state index contributed by atoms with van der Waals surface area (Å²) in [6, 6.07) is -0.364. The summed E-state index contributed by atoms with van der Waals surface area (Å²) < 4.78 is 0. The molecular formula is C15H29N3O3. The summed E-state index contributed by atoms with van der Waals surface area (Å²) >= 11 is 0. The molecule has 0 aromatic heterocycles. The van der Waals surface area contributed by atoms with Gasteiger partial charge in [0.25, 0.3) is 0 Å². The minimum atomic E-state index is -1.11. The molecule has 0 bridgehead atoms. The van der Waals surface area contributed by atoms with Crippen molar-refractivity contribution in [2.24, 2.45) is 5.92 Å². The summed E-state index contributed by atoms with van der Waals surface area (Å²) in [6.45, 7) is 4.85. The van der Waals surface area contributed by atoms with E-state index < -0.39 is 11.5 Å². The lowest BCUT2D eigenvalue weighted by Gasteiger charge is -2.37. The summed E-state index contributed by atoms with van der Waals surface area (Å²) in [5.74, 6) is -0.605. The molecule has 1 aliphatic rings. The van der Waals surface area contributed by atoms with E-state index in [0.29, 0.717) is 18.8 Å². The fourth-order valence-electron chi connectivity index (χ4n) is 2.91. The number of aliphatic carboxylic acids is 1. The third kappa shape index (κ3) is 5.53. The van der Waals surface area contributed by atoms with Gasteiger partial charge < -0.3 is 20.6 Å². The summed E-state index contributed by atoms with van der Waals surface area (Å²) in [5.41, 5.74) is -1.11. The first-order chi connectivity index (χ1) is 9.75. The second-order valence-corrected chi connectivity index (χ2v) is 6.68. The van der Waals surface area contributed by atoms with Gasteiger partial charge in [-0.1, -0.05) is 19.8 Å². The quantitative estimate of drug-likeness (QED) is 0.696. The fourth-order valence-corrected chi connectivity index (χ4v) is 2.91. The number of carbonyl (C=O) groups excluding carboxylic acids is 1. The zero-order valence-corrected chi connectivity index (χ0v) is 13.6. The van der Waals surface area contributed by atoms with Crippen LogP contribution < -0.4 is 10.6 Å². The van der Waals surface area contributed by atoms with Gasteiger partial charge in [-0.2, -0.15) is 0 Å². The summed E-state index contributed by atoms with van der Waals surface area (Å²) in [6.07, 6.45) is 3.70. The van der Waals surface area contributed by atoms with E-state index in [0.717, 1.165) is 25.8 Å². The summed E-state index contributed by atoms with van der Waals surface area (Å²) in [5, 5.41) is 15.1. The Kier molecular flexibility index (Phi) is 6.45. The molecule has 1 fully saturated rings. The molecule has 6 nitrogen and oxygen atoms in total. The van der Waals surface area contributed by atoms with Crippen molar-refractivity contribution >= 4 is 12.0 Å². The molecule has 21 heavy (non-hydrogen) atoms. The zero-order valence-electron chi connectivity index (χ0n) is 13.6. The molecular weight excluding hydrogens is 270 g/mol. The van der Waals surface area contributed by atoms with Crippen molar-refractivity contribution in [2.45, 2.75) is 57.5 Å². The standard InChI is InChI=1S/C15H29N3O3/c1-11-6-5-8-15(10-11,13(19)20)17-14(21)16-12(2)7-9-18(3)4/h11-12H,5-10H2,1-4H3,(H,19,20)(H2,16,17,21). The second-order valence-electron chi connectivity index (χ2n) is 6.68. The summed E-state index contributed by atoms with van der Waals surface area (Å²) in [7, 11) is 3.96. The maximum absolute atomic E-state index is 12.1. The van der Waals surface area contributed by atoms with Crippen molar-refractivity contribution in [3.05, 3.63) is 0 Å². The van der Waals surface area contributed by atoms with Gasteiger partial charge in [0, 0.05) is 6.04 Å². The van der Waals surface area contributed by atoms with Crippen molar-refractivity contribution in [1.29, 1.82) is 0 Å². The number of amides is 2. The van der Waals surface area contributed by atoms with E-state index in [2.05, 4.69) is 15.5 Å². The average molecular weight is 299 g/mol. The van der Waals surface area contributed by atoms with Gasteiger partial charge >= 0.3 is 12.0 Å². The van der Waals surface area contributed by atoms with Crippen LogP contribution in [-0.4, -0.2) is 54.2 Å². The Morgan fingerprint density at radius 2 is 2.10 bits per heavy atom. The van der Waals surface area contributed by atoms with Gasteiger partial charge in [-0.3, -0.25) is 0 Å². The normalized spacial score (nSPS) is 27.2. The lowest BCUT2D eigenvalue weighted by Crippen LogP contribution is -2.60. The SMILES string of the molecule is CC1CCCC(NC(=O)NC(C)CCN(C)C)(C(=O)O)C1. The Balaban J connectivity index is 2.55. The molecule has 122 valence electrons. The summed E-state index contributed by atoms with van der Waals surface area (Å²) in [4.78, 5) is 25.7. The Morgan fingerprint density at radius 3 is 2.62 bits per heavy atom. The highest BCUT2D eigenvalue weighted by atomic mass is 16.4. The first kappa shape index (κ1) is 17.8. The van der Waals surface area contributed by atoms with Crippen molar-refractivity contribution in [3.63, 3.8) is 0 Å². The molecule has 0 radical (unpaired) electrons. The molecule has 0 aliphatic heterocycles. The highest BCUT2D eigenvalue weighted by Gasteiger charge is 2.43. The van der Waals surface area contributed by atoms with E-state index in [1.54, 1.807) is 0 Å². The molecule has 1 saturated carbocycles. The van der Waals surface area contributed by atoms with Crippen LogP contribution in [0.4, 0.5) is 4.79 Å². The van der Waals surface area contributed by atoms with Crippen LogP contribution in [-0.2, 0) is 4.79 Å². The Labute approximate surface area is 127 Å². The highest BCUT2D eigenvalue weighted by Crippen LogP contribution is 2.32. The maximum atomic E-state index is 12.1. The minimum absolute atomic E-state index is 0.0132. The Morgan fingerprint density at radius 1 is 1.43 bits per heavy atom. The topological polar surface area (TPSA) is 81.7 Å². The van der Waals surface area contributed by atoms with Crippen molar-refractivity contribution in [3.8, 4) is 0 Å². The van der Waals surface area contributed by atoms with Gasteiger partial charge in [0.15, 0.2) is 0 Å². The molecule has 6 heteroatoms. The largest absolute Gasteiger partial charge is 0.480 e. The minimum Gasteiger partial charge on any atom is -0.480 e. The smallest absolute Gasteiger partial charge is 0.329 e. The van der Waals surface area contributed by atoms with E-state index in [4.69, 9.17) is 0 Å². The molecule has 0 saturated heterocycles. The lowest BCUT2D eigenvalue weighted by atomic mass is 9.76. The van der Waals surface area contributed by atoms with Crippen molar-refractivity contribution in [1.82, 2.24) is 15.5 Å². The predicted molar refractivity (Wildman–Crippen MR) is 82.3 cm³/mol. The first-order valence-electron chi connectivity index (χ1n) is 7.72. The van der Waals surface area contributed by atoms with Gasteiger partial charge in [0.05, 0.1) is 0 Å². The van der Waals surface area contributed by atoms with Crippen LogP contribution in [0.2, 0.25) is 0 Å². The monoisotopic (exact) mass is 299 g/mol. The molecule has 1 aliphatic carbocycles. The lowest BCUT2D eigenvalue weighted by molar-refractivity contribution is -0.146.